The van der Waals surface area contributed by atoms with Crippen LogP contribution in [0.4, 0.5) is 0 Å². The Morgan fingerprint density at radius 3 is 2.06 bits per heavy atom. The molecule has 0 aliphatic rings. The van der Waals surface area contributed by atoms with Crippen LogP contribution in [-0.2, 0) is 4.79 Å². The molecule has 0 unspecified atom stereocenters. The molecular weight excluding hydrogens is 198 g/mol. The predicted molar refractivity (Wildman–Crippen MR) is 70.8 cm³/mol. The van der Waals surface area contributed by atoms with E-state index in [1.165, 1.54) is 25.8 Å². The fraction of sp³-hybridized carbons (Fsp3) is 0.929. The summed E-state index contributed by atoms with van der Waals surface area (Å²) in [5.41, 5.74) is 0. The van der Waals surface area contributed by atoms with E-state index in [-0.39, 0.29) is 0 Å². The first kappa shape index (κ1) is 15.6. The van der Waals surface area contributed by atoms with Crippen LogP contribution in [0, 0.1) is 0 Å². The van der Waals surface area contributed by atoms with Crippen molar-refractivity contribution < 1.29 is 4.79 Å². The van der Waals surface area contributed by atoms with Gasteiger partial charge in [-0.05, 0) is 53.1 Å². The summed E-state index contributed by atoms with van der Waals surface area (Å²) in [6.45, 7) is 10.8. The number of hydrogen-bond donors (Lipinski definition) is 0. The number of carbonyl (C=O) groups is 1. The van der Waals surface area contributed by atoms with Gasteiger partial charge in [-0.15, -0.1) is 0 Å². The zero-order chi connectivity index (χ0) is 12.4. The molecule has 16 heavy (non-hydrogen) atoms. The van der Waals surface area contributed by atoms with Crippen molar-refractivity contribution in [2.24, 2.45) is 0 Å². The van der Waals surface area contributed by atoms with Crippen LogP contribution in [0.5, 0.6) is 0 Å². The van der Waals surface area contributed by atoms with Crippen molar-refractivity contribution in [2.75, 3.05) is 13.1 Å². The molecule has 0 aromatic rings. The Balaban J connectivity index is 3.63. The second kappa shape index (κ2) is 9.83. The van der Waals surface area contributed by atoms with Gasteiger partial charge in [-0.1, -0.05) is 19.8 Å². The van der Waals surface area contributed by atoms with E-state index in [0.717, 1.165) is 25.8 Å². The van der Waals surface area contributed by atoms with E-state index < -0.39 is 0 Å². The van der Waals surface area contributed by atoms with Gasteiger partial charge in [0, 0.05) is 12.5 Å². The topological polar surface area (TPSA) is 20.3 Å². The quantitative estimate of drug-likeness (QED) is 0.531. The molecule has 96 valence electrons. The monoisotopic (exact) mass is 227 g/mol. The largest absolute Gasteiger partial charge is 0.301 e. The lowest BCUT2D eigenvalue weighted by Crippen LogP contribution is -2.32. The smallest absolute Gasteiger partial charge is 0.129 e. The number of carbonyl (C=O) groups excluding carboxylic acids is 1. The lowest BCUT2D eigenvalue weighted by Gasteiger charge is -2.26. The average molecular weight is 227 g/mol. The maximum absolute atomic E-state index is 10.8. The SMILES string of the molecule is CCCCCN(CCCCC(C)=O)C(C)C. The Morgan fingerprint density at radius 2 is 1.62 bits per heavy atom. The molecule has 0 aliphatic heterocycles. The molecule has 2 heteroatoms. The van der Waals surface area contributed by atoms with Gasteiger partial charge in [0.2, 0.25) is 0 Å². The van der Waals surface area contributed by atoms with Crippen molar-refractivity contribution in [1.82, 2.24) is 4.90 Å². The summed E-state index contributed by atoms with van der Waals surface area (Å²) >= 11 is 0. The summed E-state index contributed by atoms with van der Waals surface area (Å²) in [5, 5.41) is 0. The number of ketones is 1. The summed E-state index contributed by atoms with van der Waals surface area (Å²) in [6, 6.07) is 0.634. The molecule has 0 amide bonds. The fourth-order valence-electron chi connectivity index (χ4n) is 1.88. The van der Waals surface area contributed by atoms with E-state index in [2.05, 4.69) is 25.7 Å². The standard InChI is InChI=1S/C14H29NO/c1-5-6-8-11-15(13(2)3)12-9-7-10-14(4)16/h13H,5-12H2,1-4H3. The van der Waals surface area contributed by atoms with E-state index in [1.807, 2.05) is 0 Å². The molecule has 0 saturated heterocycles. The molecule has 2 nitrogen and oxygen atoms in total. The molecule has 0 saturated carbocycles. The van der Waals surface area contributed by atoms with E-state index >= 15 is 0 Å². The van der Waals surface area contributed by atoms with Gasteiger partial charge in [-0.3, -0.25) is 0 Å². The van der Waals surface area contributed by atoms with Crippen LogP contribution < -0.4 is 0 Å². The third-order valence-corrected chi connectivity index (χ3v) is 3.00. The number of nitrogens with zero attached hydrogens (tertiary/aromatic N) is 1. The Labute approximate surface area is 101 Å². The van der Waals surface area contributed by atoms with Crippen LogP contribution in [0.2, 0.25) is 0 Å². The minimum atomic E-state index is 0.321. The Bertz CT molecular complexity index is 178. The normalized spacial score (nSPS) is 11.4. The predicted octanol–water partition coefficient (Wildman–Crippen LogP) is 3.65. The van der Waals surface area contributed by atoms with Gasteiger partial charge >= 0.3 is 0 Å². The van der Waals surface area contributed by atoms with Crippen molar-refractivity contribution in [3.8, 4) is 0 Å². The van der Waals surface area contributed by atoms with Crippen LogP contribution in [0.1, 0.15) is 66.2 Å². The van der Waals surface area contributed by atoms with Gasteiger partial charge in [0.25, 0.3) is 0 Å². The molecule has 0 aromatic carbocycles. The number of unbranched alkanes of at least 4 members (excludes halogenated alkanes) is 3. The fourth-order valence-corrected chi connectivity index (χ4v) is 1.88. The second-order valence-electron chi connectivity index (χ2n) is 5.00. The highest BCUT2D eigenvalue weighted by molar-refractivity contribution is 5.75. The molecule has 0 N–H and O–H groups in total. The summed E-state index contributed by atoms with van der Waals surface area (Å²) in [7, 11) is 0. The lowest BCUT2D eigenvalue weighted by molar-refractivity contribution is -0.117. The zero-order valence-corrected chi connectivity index (χ0v) is 11.6. The van der Waals surface area contributed by atoms with E-state index in [4.69, 9.17) is 0 Å². The van der Waals surface area contributed by atoms with Crippen molar-refractivity contribution in [1.29, 1.82) is 0 Å². The number of Topliss-reactive ketones (excluding diaryl/α,β-unsaturated/α-hetero) is 1. The summed E-state index contributed by atoms with van der Waals surface area (Å²) in [5.74, 6) is 0.321. The second-order valence-corrected chi connectivity index (χ2v) is 5.00. The highest BCUT2D eigenvalue weighted by atomic mass is 16.1. The molecule has 0 bridgehead atoms. The molecule has 0 atom stereocenters. The van der Waals surface area contributed by atoms with Gasteiger partial charge in [-0.2, -0.15) is 0 Å². The maximum atomic E-state index is 10.8. The first-order chi connectivity index (χ1) is 7.57. The molecule has 0 aromatic heterocycles. The summed E-state index contributed by atoms with van der Waals surface area (Å²) < 4.78 is 0. The third kappa shape index (κ3) is 8.90. The number of rotatable bonds is 10. The Morgan fingerprint density at radius 1 is 1.06 bits per heavy atom. The molecule has 0 radical (unpaired) electrons. The van der Waals surface area contributed by atoms with Crippen LogP contribution in [0.3, 0.4) is 0 Å². The van der Waals surface area contributed by atoms with E-state index in [0.29, 0.717) is 11.8 Å². The van der Waals surface area contributed by atoms with Crippen molar-refractivity contribution in [3.05, 3.63) is 0 Å². The minimum Gasteiger partial charge on any atom is -0.301 e. The van der Waals surface area contributed by atoms with Gasteiger partial charge in [0.15, 0.2) is 0 Å². The highest BCUT2D eigenvalue weighted by Gasteiger charge is 2.08. The molecular formula is C14H29NO. The van der Waals surface area contributed by atoms with Crippen molar-refractivity contribution in [3.63, 3.8) is 0 Å². The van der Waals surface area contributed by atoms with Crippen molar-refractivity contribution in [2.45, 2.75) is 72.3 Å². The van der Waals surface area contributed by atoms with Gasteiger partial charge < -0.3 is 9.69 Å². The van der Waals surface area contributed by atoms with E-state index in [1.54, 1.807) is 6.92 Å². The van der Waals surface area contributed by atoms with Crippen molar-refractivity contribution >= 4 is 5.78 Å². The van der Waals surface area contributed by atoms with Crippen LogP contribution >= 0.6 is 0 Å². The third-order valence-electron chi connectivity index (χ3n) is 3.00. The molecule has 0 spiro atoms. The van der Waals surface area contributed by atoms with Crippen LogP contribution in [0.25, 0.3) is 0 Å². The van der Waals surface area contributed by atoms with Gasteiger partial charge in [0.1, 0.15) is 5.78 Å². The average Bonchev–Trinajstić information content (AvgIpc) is 2.21. The zero-order valence-electron chi connectivity index (χ0n) is 11.6. The Hall–Kier alpha value is -0.370. The highest BCUT2D eigenvalue weighted by Crippen LogP contribution is 2.06. The molecule has 0 rings (SSSR count). The van der Waals surface area contributed by atoms with Crippen LogP contribution in [0.15, 0.2) is 0 Å². The minimum absolute atomic E-state index is 0.321. The summed E-state index contributed by atoms with van der Waals surface area (Å²) in [4.78, 5) is 13.4. The Kier molecular flexibility index (Phi) is 9.60. The maximum Gasteiger partial charge on any atom is 0.129 e. The first-order valence-corrected chi connectivity index (χ1v) is 6.81. The van der Waals surface area contributed by atoms with Gasteiger partial charge in [-0.25, -0.2) is 0 Å². The molecule has 0 aliphatic carbocycles. The summed E-state index contributed by atoms with van der Waals surface area (Å²) in [6.07, 6.45) is 6.88. The van der Waals surface area contributed by atoms with Crippen LogP contribution in [-0.4, -0.2) is 29.8 Å². The van der Waals surface area contributed by atoms with E-state index in [9.17, 15) is 4.79 Å². The first-order valence-electron chi connectivity index (χ1n) is 6.81. The lowest BCUT2D eigenvalue weighted by atomic mass is 10.1. The molecule has 0 heterocycles. The number of hydrogen-bond acceptors (Lipinski definition) is 2. The molecule has 0 fully saturated rings. The van der Waals surface area contributed by atoms with Gasteiger partial charge in [0.05, 0.1) is 0 Å².